The Bertz CT molecular complexity index is 953. The van der Waals surface area contributed by atoms with Crippen LogP contribution in [0.2, 0.25) is 0 Å². The standard InChI is InChI=1S/C20H18N2O4/c1-11-15-9-14(7-12-3-2-6-22(18(12)15)20(11)24)21-19(23)13-4-5-16-17(8-13)26-10-25-16/h4-5,7-9,11H,2-3,6,10H2,1H3,(H,21,23). The van der Waals surface area contributed by atoms with Crippen molar-refractivity contribution in [2.24, 2.45) is 0 Å². The van der Waals surface area contributed by atoms with E-state index in [1.807, 2.05) is 24.0 Å². The van der Waals surface area contributed by atoms with E-state index < -0.39 is 0 Å². The molecular formula is C20H18N2O4. The number of fused-ring (bicyclic) bond motifs is 1. The lowest BCUT2D eigenvalue weighted by atomic mass is 9.96. The van der Waals surface area contributed by atoms with Crippen molar-refractivity contribution in [1.29, 1.82) is 0 Å². The summed E-state index contributed by atoms with van der Waals surface area (Å²) in [6.45, 7) is 2.89. The molecule has 6 nitrogen and oxygen atoms in total. The van der Waals surface area contributed by atoms with Gasteiger partial charge in [-0.1, -0.05) is 0 Å². The molecule has 3 aliphatic rings. The maximum atomic E-state index is 12.7. The highest BCUT2D eigenvalue weighted by Gasteiger charge is 2.38. The molecule has 5 rings (SSSR count). The number of benzene rings is 2. The molecule has 1 atom stereocenters. The van der Waals surface area contributed by atoms with Gasteiger partial charge in [0.2, 0.25) is 12.7 Å². The lowest BCUT2D eigenvalue weighted by Gasteiger charge is -2.26. The molecule has 6 heteroatoms. The van der Waals surface area contributed by atoms with Crippen LogP contribution in [0, 0.1) is 0 Å². The normalized spacial score (nSPS) is 19.5. The number of carbonyl (C=O) groups excluding carboxylic acids is 2. The number of anilines is 2. The van der Waals surface area contributed by atoms with E-state index in [2.05, 4.69) is 5.32 Å². The largest absolute Gasteiger partial charge is 0.454 e. The molecule has 0 aliphatic carbocycles. The first-order valence-electron chi connectivity index (χ1n) is 8.81. The topological polar surface area (TPSA) is 67.9 Å². The van der Waals surface area contributed by atoms with Gasteiger partial charge in [-0.3, -0.25) is 9.59 Å². The summed E-state index contributed by atoms with van der Waals surface area (Å²) < 4.78 is 10.6. The zero-order chi connectivity index (χ0) is 17.8. The molecule has 0 aromatic heterocycles. The summed E-state index contributed by atoms with van der Waals surface area (Å²) in [6.07, 6.45) is 1.87. The first-order chi connectivity index (χ1) is 12.6. The van der Waals surface area contributed by atoms with Gasteiger partial charge in [0.05, 0.1) is 11.6 Å². The average Bonchev–Trinajstić information content (AvgIpc) is 3.21. The van der Waals surface area contributed by atoms with E-state index in [0.717, 1.165) is 41.9 Å². The van der Waals surface area contributed by atoms with Crippen molar-refractivity contribution in [3.63, 3.8) is 0 Å². The van der Waals surface area contributed by atoms with Gasteiger partial charge in [0.1, 0.15) is 0 Å². The Morgan fingerprint density at radius 2 is 2.04 bits per heavy atom. The second-order valence-corrected chi connectivity index (χ2v) is 6.91. The Hall–Kier alpha value is -3.02. The maximum Gasteiger partial charge on any atom is 0.255 e. The van der Waals surface area contributed by atoms with Crippen LogP contribution in [0.25, 0.3) is 0 Å². The molecule has 3 heterocycles. The smallest absolute Gasteiger partial charge is 0.255 e. The van der Waals surface area contributed by atoms with E-state index in [-0.39, 0.29) is 24.5 Å². The Morgan fingerprint density at radius 1 is 1.19 bits per heavy atom. The predicted molar refractivity (Wildman–Crippen MR) is 96.0 cm³/mol. The van der Waals surface area contributed by atoms with Crippen LogP contribution in [0.3, 0.4) is 0 Å². The quantitative estimate of drug-likeness (QED) is 0.904. The van der Waals surface area contributed by atoms with Crippen molar-refractivity contribution in [1.82, 2.24) is 0 Å². The Labute approximate surface area is 150 Å². The number of hydrogen-bond donors (Lipinski definition) is 1. The van der Waals surface area contributed by atoms with Gasteiger partial charge in [0, 0.05) is 17.8 Å². The second-order valence-electron chi connectivity index (χ2n) is 6.91. The van der Waals surface area contributed by atoms with Crippen LogP contribution in [0.15, 0.2) is 30.3 Å². The maximum absolute atomic E-state index is 12.7. The number of nitrogens with zero attached hydrogens (tertiary/aromatic N) is 1. The molecule has 1 N–H and O–H groups in total. The van der Waals surface area contributed by atoms with Gasteiger partial charge < -0.3 is 19.7 Å². The molecule has 0 radical (unpaired) electrons. The zero-order valence-electron chi connectivity index (χ0n) is 14.4. The third-order valence-corrected chi connectivity index (χ3v) is 5.31. The van der Waals surface area contributed by atoms with E-state index in [1.54, 1.807) is 18.2 Å². The summed E-state index contributed by atoms with van der Waals surface area (Å²) in [4.78, 5) is 27.0. The van der Waals surface area contributed by atoms with Crippen molar-refractivity contribution in [2.45, 2.75) is 25.7 Å². The number of amides is 2. The lowest BCUT2D eigenvalue weighted by molar-refractivity contribution is -0.119. The van der Waals surface area contributed by atoms with Crippen LogP contribution in [0.4, 0.5) is 11.4 Å². The molecule has 0 bridgehead atoms. The summed E-state index contributed by atoms with van der Waals surface area (Å²) in [5.41, 5.74) is 4.43. The Kier molecular flexibility index (Phi) is 3.22. The van der Waals surface area contributed by atoms with E-state index in [9.17, 15) is 9.59 Å². The van der Waals surface area contributed by atoms with Crippen molar-refractivity contribution in [2.75, 3.05) is 23.6 Å². The molecule has 2 aromatic carbocycles. The number of aryl methyl sites for hydroxylation is 1. The second kappa shape index (κ2) is 5.49. The van der Waals surface area contributed by atoms with E-state index in [1.165, 1.54) is 0 Å². The van der Waals surface area contributed by atoms with Crippen LogP contribution in [0.5, 0.6) is 11.5 Å². The number of hydrogen-bond acceptors (Lipinski definition) is 4. The molecular weight excluding hydrogens is 332 g/mol. The molecule has 0 saturated carbocycles. The first kappa shape index (κ1) is 15.3. The van der Waals surface area contributed by atoms with E-state index in [4.69, 9.17) is 9.47 Å². The molecule has 0 fully saturated rings. The third kappa shape index (κ3) is 2.18. The number of rotatable bonds is 2. The monoisotopic (exact) mass is 350 g/mol. The Morgan fingerprint density at radius 3 is 2.92 bits per heavy atom. The molecule has 26 heavy (non-hydrogen) atoms. The fourth-order valence-corrected chi connectivity index (χ4v) is 4.01. The van der Waals surface area contributed by atoms with Gasteiger partial charge in [0.15, 0.2) is 11.5 Å². The minimum atomic E-state index is -0.208. The fourth-order valence-electron chi connectivity index (χ4n) is 4.01. The predicted octanol–water partition coefficient (Wildman–Crippen LogP) is 3.06. The van der Waals surface area contributed by atoms with Gasteiger partial charge in [-0.2, -0.15) is 0 Å². The van der Waals surface area contributed by atoms with Gasteiger partial charge in [-0.15, -0.1) is 0 Å². The van der Waals surface area contributed by atoms with Crippen molar-refractivity contribution >= 4 is 23.2 Å². The Balaban J connectivity index is 1.47. The van der Waals surface area contributed by atoms with E-state index >= 15 is 0 Å². The van der Waals surface area contributed by atoms with Gasteiger partial charge in [-0.25, -0.2) is 0 Å². The van der Waals surface area contributed by atoms with Crippen molar-refractivity contribution in [3.05, 3.63) is 47.0 Å². The molecule has 0 spiro atoms. The summed E-state index contributed by atoms with van der Waals surface area (Å²) in [6, 6.07) is 9.05. The van der Waals surface area contributed by atoms with Crippen molar-refractivity contribution < 1.29 is 19.1 Å². The molecule has 0 saturated heterocycles. The molecule has 2 amide bonds. The third-order valence-electron chi connectivity index (χ3n) is 5.31. The zero-order valence-corrected chi connectivity index (χ0v) is 14.4. The lowest BCUT2D eigenvalue weighted by Crippen LogP contribution is -2.32. The summed E-state index contributed by atoms with van der Waals surface area (Å²) in [7, 11) is 0. The van der Waals surface area contributed by atoms with Crippen LogP contribution in [0.1, 0.15) is 40.7 Å². The van der Waals surface area contributed by atoms with Crippen LogP contribution in [-0.4, -0.2) is 25.2 Å². The number of carbonyl (C=O) groups is 2. The molecule has 132 valence electrons. The summed E-state index contributed by atoms with van der Waals surface area (Å²) in [5, 5.41) is 2.96. The fraction of sp³-hybridized carbons (Fsp3) is 0.300. The first-order valence-corrected chi connectivity index (χ1v) is 8.81. The van der Waals surface area contributed by atoms with Crippen LogP contribution >= 0.6 is 0 Å². The van der Waals surface area contributed by atoms with Gasteiger partial charge in [-0.05, 0) is 61.2 Å². The SMILES string of the molecule is CC1C(=O)N2CCCc3cc(NC(=O)c4ccc5c(c4)OCO5)cc1c32. The van der Waals surface area contributed by atoms with Crippen LogP contribution in [-0.2, 0) is 11.2 Å². The molecule has 2 aromatic rings. The van der Waals surface area contributed by atoms with Crippen molar-refractivity contribution in [3.8, 4) is 11.5 Å². The minimum Gasteiger partial charge on any atom is -0.454 e. The van der Waals surface area contributed by atoms with Gasteiger partial charge >= 0.3 is 0 Å². The average molecular weight is 350 g/mol. The number of ether oxygens (including phenoxy) is 2. The highest BCUT2D eigenvalue weighted by atomic mass is 16.7. The molecule has 3 aliphatic heterocycles. The highest BCUT2D eigenvalue weighted by Crippen LogP contribution is 2.44. The molecule has 1 unspecified atom stereocenters. The summed E-state index contributed by atoms with van der Waals surface area (Å²) >= 11 is 0. The minimum absolute atomic E-state index is 0.153. The highest BCUT2D eigenvalue weighted by molar-refractivity contribution is 6.08. The van der Waals surface area contributed by atoms with Crippen LogP contribution < -0.4 is 19.7 Å². The number of nitrogens with one attached hydrogen (secondary N) is 1. The van der Waals surface area contributed by atoms with E-state index in [0.29, 0.717) is 17.1 Å². The van der Waals surface area contributed by atoms with Gasteiger partial charge in [0.25, 0.3) is 5.91 Å². The summed E-state index contributed by atoms with van der Waals surface area (Å²) in [5.74, 6) is 1.01.